The van der Waals surface area contributed by atoms with Crippen LogP contribution in [0.15, 0.2) is 10.7 Å². The molecule has 15 heavy (non-hydrogen) atoms. The molecule has 0 atom stereocenters. The molecule has 1 heterocycles. The second-order valence-corrected chi connectivity index (χ2v) is 3.26. The smallest absolute Gasteiger partial charge is 0.404 e. The zero-order valence-electron chi connectivity index (χ0n) is 7.11. The van der Waals surface area contributed by atoms with E-state index >= 15 is 0 Å². The molecule has 84 valence electrons. The standard InChI is InChI=1S/C7H5BrF4N2O/c8-4-5(15-7(10,11)12)3(1-13)2-14-6(4)9/h2H,1,13H2. The first-order chi connectivity index (χ1) is 6.85. The van der Waals surface area contributed by atoms with Gasteiger partial charge < -0.3 is 10.5 Å². The molecule has 2 N–H and O–H groups in total. The molecule has 1 aromatic rings. The van der Waals surface area contributed by atoms with Gasteiger partial charge >= 0.3 is 6.36 Å². The Labute approximate surface area is 90.4 Å². The molecular formula is C7H5BrF4N2O. The van der Waals surface area contributed by atoms with E-state index in [1.165, 1.54) is 0 Å². The highest BCUT2D eigenvalue weighted by Gasteiger charge is 2.33. The lowest BCUT2D eigenvalue weighted by Crippen LogP contribution is -2.19. The van der Waals surface area contributed by atoms with E-state index in [0.29, 0.717) is 0 Å². The van der Waals surface area contributed by atoms with E-state index < -0.39 is 22.5 Å². The Bertz CT molecular complexity index is 369. The van der Waals surface area contributed by atoms with E-state index in [4.69, 9.17) is 5.73 Å². The second-order valence-electron chi connectivity index (χ2n) is 2.47. The number of hydrogen-bond acceptors (Lipinski definition) is 3. The molecule has 0 saturated heterocycles. The first kappa shape index (κ1) is 12.2. The van der Waals surface area contributed by atoms with Crippen LogP contribution in [0, 0.1) is 5.95 Å². The summed E-state index contributed by atoms with van der Waals surface area (Å²) in [5, 5.41) is 0. The minimum Gasteiger partial charge on any atom is -0.404 e. The summed E-state index contributed by atoms with van der Waals surface area (Å²) >= 11 is 2.61. The van der Waals surface area contributed by atoms with Crippen molar-refractivity contribution >= 4 is 15.9 Å². The number of pyridine rings is 1. The maximum absolute atomic E-state index is 12.8. The van der Waals surface area contributed by atoms with Crippen LogP contribution in [-0.2, 0) is 6.54 Å². The van der Waals surface area contributed by atoms with E-state index in [-0.39, 0.29) is 12.1 Å². The van der Waals surface area contributed by atoms with Crippen molar-refractivity contribution in [2.24, 2.45) is 5.73 Å². The number of nitrogens with two attached hydrogens (primary N) is 1. The van der Waals surface area contributed by atoms with Crippen LogP contribution in [0.25, 0.3) is 0 Å². The fourth-order valence-corrected chi connectivity index (χ4v) is 1.29. The van der Waals surface area contributed by atoms with Crippen molar-refractivity contribution in [3.05, 3.63) is 22.2 Å². The summed E-state index contributed by atoms with van der Waals surface area (Å²) in [4.78, 5) is 3.20. The molecule has 0 unspecified atom stereocenters. The van der Waals surface area contributed by atoms with Gasteiger partial charge in [0.2, 0.25) is 5.95 Å². The normalized spacial score (nSPS) is 11.6. The molecule has 0 aliphatic heterocycles. The summed E-state index contributed by atoms with van der Waals surface area (Å²) in [6.45, 7) is -0.239. The quantitative estimate of drug-likeness (QED) is 0.671. The van der Waals surface area contributed by atoms with Gasteiger partial charge in [0, 0.05) is 18.3 Å². The first-order valence-electron chi connectivity index (χ1n) is 3.64. The van der Waals surface area contributed by atoms with Crippen molar-refractivity contribution in [3.63, 3.8) is 0 Å². The fourth-order valence-electron chi connectivity index (χ4n) is 0.856. The number of rotatable bonds is 2. The van der Waals surface area contributed by atoms with Crippen LogP contribution in [0.3, 0.4) is 0 Å². The summed E-state index contributed by atoms with van der Waals surface area (Å²) in [6.07, 6.45) is -4.01. The average Bonchev–Trinajstić information content (AvgIpc) is 2.11. The SMILES string of the molecule is NCc1cnc(F)c(Br)c1OC(F)(F)F. The van der Waals surface area contributed by atoms with Gasteiger partial charge in [-0.05, 0) is 15.9 Å². The highest BCUT2D eigenvalue weighted by atomic mass is 79.9. The minimum absolute atomic E-state index is 0.0411. The maximum Gasteiger partial charge on any atom is 0.573 e. The van der Waals surface area contributed by atoms with Gasteiger partial charge in [-0.15, -0.1) is 13.2 Å². The van der Waals surface area contributed by atoms with Crippen molar-refractivity contribution in [1.82, 2.24) is 4.98 Å². The van der Waals surface area contributed by atoms with Crippen LogP contribution in [0.5, 0.6) is 5.75 Å². The van der Waals surface area contributed by atoms with Gasteiger partial charge in [-0.1, -0.05) is 0 Å². The minimum atomic E-state index is -4.90. The summed E-state index contributed by atoms with van der Waals surface area (Å²) in [5.41, 5.74) is 5.12. The Kier molecular flexibility index (Phi) is 3.50. The first-order valence-corrected chi connectivity index (χ1v) is 4.43. The topological polar surface area (TPSA) is 48.1 Å². The number of ether oxygens (including phenoxy) is 1. The molecule has 1 rings (SSSR count). The largest absolute Gasteiger partial charge is 0.573 e. The number of alkyl halides is 3. The third-order valence-electron chi connectivity index (χ3n) is 1.44. The Morgan fingerprint density at radius 3 is 2.53 bits per heavy atom. The Hall–Kier alpha value is -0.890. The molecule has 8 heteroatoms. The molecule has 0 saturated carbocycles. The molecule has 0 aliphatic rings. The van der Waals surface area contributed by atoms with Crippen molar-refractivity contribution in [2.75, 3.05) is 0 Å². The van der Waals surface area contributed by atoms with E-state index in [0.717, 1.165) is 6.20 Å². The van der Waals surface area contributed by atoms with E-state index in [9.17, 15) is 17.6 Å². The van der Waals surface area contributed by atoms with Crippen LogP contribution in [0.4, 0.5) is 17.6 Å². The third kappa shape index (κ3) is 3.03. The molecule has 0 spiro atoms. The van der Waals surface area contributed by atoms with Crippen molar-refractivity contribution in [2.45, 2.75) is 12.9 Å². The van der Waals surface area contributed by atoms with Crippen LogP contribution in [-0.4, -0.2) is 11.3 Å². The average molecular weight is 289 g/mol. The molecule has 0 aliphatic carbocycles. The summed E-state index contributed by atoms with van der Waals surface area (Å²) in [7, 11) is 0. The summed E-state index contributed by atoms with van der Waals surface area (Å²) in [5.74, 6) is -1.79. The third-order valence-corrected chi connectivity index (χ3v) is 2.13. The van der Waals surface area contributed by atoms with E-state index in [1.807, 2.05) is 0 Å². The lowest BCUT2D eigenvalue weighted by Gasteiger charge is -2.13. The van der Waals surface area contributed by atoms with Crippen molar-refractivity contribution in [3.8, 4) is 5.75 Å². The monoisotopic (exact) mass is 288 g/mol. The highest BCUT2D eigenvalue weighted by Crippen LogP contribution is 2.34. The molecule has 0 aromatic carbocycles. The molecule has 0 fully saturated rings. The Balaban J connectivity index is 3.18. The van der Waals surface area contributed by atoms with Crippen molar-refractivity contribution in [1.29, 1.82) is 0 Å². The molecule has 0 bridgehead atoms. The van der Waals surface area contributed by atoms with Gasteiger partial charge in [-0.25, -0.2) is 4.98 Å². The van der Waals surface area contributed by atoms with Crippen LogP contribution < -0.4 is 10.5 Å². The molecule has 0 amide bonds. The van der Waals surface area contributed by atoms with Gasteiger partial charge in [-0.2, -0.15) is 4.39 Å². The molecular weight excluding hydrogens is 284 g/mol. The molecule has 0 radical (unpaired) electrons. The van der Waals surface area contributed by atoms with Gasteiger partial charge in [0.05, 0.1) is 0 Å². The van der Waals surface area contributed by atoms with Gasteiger partial charge in [0.15, 0.2) is 5.75 Å². The summed E-state index contributed by atoms with van der Waals surface area (Å²) in [6, 6.07) is 0. The highest BCUT2D eigenvalue weighted by molar-refractivity contribution is 9.10. The maximum atomic E-state index is 12.8. The number of hydrogen-bond donors (Lipinski definition) is 1. The van der Waals surface area contributed by atoms with E-state index in [1.54, 1.807) is 0 Å². The number of aromatic nitrogens is 1. The lowest BCUT2D eigenvalue weighted by atomic mass is 10.2. The molecule has 3 nitrogen and oxygen atoms in total. The predicted octanol–water partition coefficient (Wildman–Crippen LogP) is 2.34. The number of halogens is 5. The van der Waals surface area contributed by atoms with E-state index in [2.05, 4.69) is 25.7 Å². The summed E-state index contributed by atoms with van der Waals surface area (Å²) < 4.78 is 51.8. The fraction of sp³-hybridized carbons (Fsp3) is 0.286. The number of nitrogens with zero attached hydrogens (tertiary/aromatic N) is 1. The lowest BCUT2D eigenvalue weighted by molar-refractivity contribution is -0.275. The van der Waals surface area contributed by atoms with Crippen molar-refractivity contribution < 1.29 is 22.3 Å². The molecule has 1 aromatic heterocycles. The van der Waals surface area contributed by atoms with Gasteiger partial charge in [-0.3, -0.25) is 0 Å². The predicted molar refractivity (Wildman–Crippen MR) is 46.5 cm³/mol. The van der Waals surface area contributed by atoms with Gasteiger partial charge in [0.25, 0.3) is 0 Å². The van der Waals surface area contributed by atoms with Crippen LogP contribution in [0.2, 0.25) is 0 Å². The second kappa shape index (κ2) is 4.31. The Morgan fingerprint density at radius 2 is 2.07 bits per heavy atom. The van der Waals surface area contributed by atoms with Crippen LogP contribution >= 0.6 is 15.9 Å². The van der Waals surface area contributed by atoms with Crippen LogP contribution in [0.1, 0.15) is 5.56 Å². The van der Waals surface area contributed by atoms with Gasteiger partial charge in [0.1, 0.15) is 4.47 Å². The Morgan fingerprint density at radius 1 is 1.47 bits per heavy atom. The zero-order valence-corrected chi connectivity index (χ0v) is 8.69. The zero-order chi connectivity index (χ0) is 11.6.